The van der Waals surface area contributed by atoms with Crippen LogP contribution in [0.25, 0.3) is 0 Å². The van der Waals surface area contributed by atoms with E-state index in [-0.39, 0.29) is 6.04 Å². The van der Waals surface area contributed by atoms with E-state index in [0.29, 0.717) is 0 Å². The topological polar surface area (TPSA) is 26.0 Å². The first-order valence-corrected chi connectivity index (χ1v) is 6.00. The van der Waals surface area contributed by atoms with E-state index in [4.69, 9.17) is 5.73 Å². The van der Waals surface area contributed by atoms with Gasteiger partial charge in [-0.25, -0.2) is 0 Å². The molecule has 0 aromatic carbocycles. The first kappa shape index (κ1) is 9.22. The molecule has 0 spiro atoms. The number of rotatable bonds is 3. The third-order valence-electron chi connectivity index (χ3n) is 3.11. The van der Waals surface area contributed by atoms with Crippen LogP contribution in [0.4, 0.5) is 0 Å². The van der Waals surface area contributed by atoms with Crippen LogP contribution in [0.15, 0.2) is 10.8 Å². The van der Waals surface area contributed by atoms with Crippen LogP contribution in [0.2, 0.25) is 0 Å². The molecule has 1 unspecified atom stereocenters. The van der Waals surface area contributed by atoms with E-state index in [1.54, 1.807) is 11.3 Å². The van der Waals surface area contributed by atoms with Crippen molar-refractivity contribution in [2.45, 2.75) is 38.6 Å². The van der Waals surface area contributed by atoms with Crippen molar-refractivity contribution < 1.29 is 0 Å². The lowest BCUT2D eigenvalue weighted by atomic mass is 9.80. The lowest BCUT2D eigenvalue weighted by Crippen LogP contribution is -2.20. The Bertz CT molecular complexity index is 275. The van der Waals surface area contributed by atoms with Gasteiger partial charge in [0.05, 0.1) is 0 Å². The van der Waals surface area contributed by atoms with Crippen LogP contribution in [0.3, 0.4) is 0 Å². The molecule has 0 amide bonds. The maximum atomic E-state index is 6.16. The van der Waals surface area contributed by atoms with Gasteiger partial charge in [-0.15, -0.1) is 0 Å². The zero-order valence-corrected chi connectivity index (χ0v) is 8.94. The fourth-order valence-electron chi connectivity index (χ4n) is 1.96. The predicted octanol–water partition coefficient (Wildman–Crippen LogP) is 3.25. The minimum atomic E-state index is 0.288. The molecule has 1 fully saturated rings. The lowest BCUT2D eigenvalue weighted by Gasteiger charge is -2.28. The quantitative estimate of drug-likeness (QED) is 0.787. The van der Waals surface area contributed by atoms with Crippen molar-refractivity contribution in [2.24, 2.45) is 11.7 Å². The van der Waals surface area contributed by atoms with Crippen molar-refractivity contribution in [3.63, 3.8) is 0 Å². The molecule has 0 radical (unpaired) electrons. The van der Waals surface area contributed by atoms with Crippen LogP contribution in [-0.2, 0) is 0 Å². The number of nitrogens with two attached hydrogens (primary N) is 1. The van der Waals surface area contributed by atoms with Gasteiger partial charge in [-0.3, -0.25) is 0 Å². The zero-order valence-electron chi connectivity index (χ0n) is 8.12. The highest BCUT2D eigenvalue weighted by molar-refractivity contribution is 7.08. The maximum absolute atomic E-state index is 6.16. The molecule has 1 saturated carbocycles. The smallest absolute Gasteiger partial charge is 0.0308 e. The third kappa shape index (κ3) is 1.94. The van der Waals surface area contributed by atoms with Crippen molar-refractivity contribution >= 4 is 11.3 Å². The predicted molar refractivity (Wildman–Crippen MR) is 57.9 cm³/mol. The average molecular weight is 195 g/mol. The third-order valence-corrected chi connectivity index (χ3v) is 3.99. The van der Waals surface area contributed by atoms with E-state index in [0.717, 1.165) is 5.92 Å². The molecule has 0 bridgehead atoms. The Morgan fingerprint density at radius 1 is 1.54 bits per heavy atom. The first-order valence-electron chi connectivity index (χ1n) is 5.05. The number of hydrogen-bond donors (Lipinski definition) is 1. The summed E-state index contributed by atoms with van der Waals surface area (Å²) in [5.74, 6) is 0.911. The summed E-state index contributed by atoms with van der Waals surface area (Å²) in [7, 11) is 0. The summed E-state index contributed by atoms with van der Waals surface area (Å²) >= 11 is 1.77. The van der Waals surface area contributed by atoms with Crippen molar-refractivity contribution in [3.8, 4) is 0 Å². The van der Waals surface area contributed by atoms with Gasteiger partial charge in [0.1, 0.15) is 0 Å². The molecule has 0 saturated heterocycles. The van der Waals surface area contributed by atoms with E-state index in [2.05, 4.69) is 17.7 Å². The number of aryl methyl sites for hydroxylation is 1. The molecule has 1 aromatic heterocycles. The van der Waals surface area contributed by atoms with Crippen LogP contribution in [-0.4, -0.2) is 0 Å². The fourth-order valence-corrected chi connectivity index (χ4v) is 2.88. The summed E-state index contributed by atoms with van der Waals surface area (Å²) < 4.78 is 0. The van der Waals surface area contributed by atoms with Crippen molar-refractivity contribution in [2.75, 3.05) is 0 Å². The molecular formula is C11H17NS. The van der Waals surface area contributed by atoms with E-state index < -0.39 is 0 Å². The zero-order chi connectivity index (χ0) is 9.26. The summed E-state index contributed by atoms with van der Waals surface area (Å²) in [6, 6.07) is 0.288. The van der Waals surface area contributed by atoms with Gasteiger partial charge in [0, 0.05) is 6.04 Å². The largest absolute Gasteiger partial charge is 0.324 e. The summed E-state index contributed by atoms with van der Waals surface area (Å²) in [6.45, 7) is 2.16. The molecule has 1 atom stereocenters. The van der Waals surface area contributed by atoms with Gasteiger partial charge >= 0.3 is 0 Å². The minimum Gasteiger partial charge on any atom is -0.324 e. The van der Waals surface area contributed by atoms with Gasteiger partial charge in [-0.05, 0) is 41.1 Å². The van der Waals surface area contributed by atoms with Crippen LogP contribution in [0, 0.1) is 12.8 Å². The minimum absolute atomic E-state index is 0.288. The van der Waals surface area contributed by atoms with Gasteiger partial charge < -0.3 is 5.73 Å². The Labute approximate surface area is 84.0 Å². The van der Waals surface area contributed by atoms with E-state index >= 15 is 0 Å². The highest BCUT2D eigenvalue weighted by atomic mass is 32.1. The van der Waals surface area contributed by atoms with Crippen molar-refractivity contribution in [1.82, 2.24) is 0 Å². The van der Waals surface area contributed by atoms with Crippen LogP contribution in [0.1, 0.15) is 42.9 Å². The monoisotopic (exact) mass is 195 g/mol. The highest BCUT2D eigenvalue weighted by Crippen LogP contribution is 2.35. The summed E-state index contributed by atoms with van der Waals surface area (Å²) in [5.41, 5.74) is 8.90. The van der Waals surface area contributed by atoms with Crippen molar-refractivity contribution in [1.29, 1.82) is 0 Å². The second-order valence-electron chi connectivity index (χ2n) is 4.15. The Hall–Kier alpha value is -0.340. The number of thiophene rings is 1. The molecule has 2 N–H and O–H groups in total. The standard InChI is InChI=1S/C11H17NS/c1-8-6-13-7-10(8)11(12)5-9-3-2-4-9/h6-7,9,11H,2-5,12H2,1H3. The van der Waals surface area contributed by atoms with Gasteiger partial charge in [-0.1, -0.05) is 19.3 Å². The molecule has 1 aromatic rings. The Balaban J connectivity index is 1.96. The Morgan fingerprint density at radius 3 is 2.77 bits per heavy atom. The maximum Gasteiger partial charge on any atom is 0.0308 e. The average Bonchev–Trinajstić information content (AvgIpc) is 2.43. The summed E-state index contributed by atoms with van der Waals surface area (Å²) in [5, 5.41) is 4.40. The fraction of sp³-hybridized carbons (Fsp3) is 0.636. The SMILES string of the molecule is Cc1cscc1C(N)CC1CCC1. The van der Waals surface area contributed by atoms with Crippen molar-refractivity contribution in [3.05, 3.63) is 21.9 Å². The molecule has 1 aliphatic rings. The molecule has 72 valence electrons. The van der Waals surface area contributed by atoms with Gasteiger partial charge in [0.2, 0.25) is 0 Å². The summed E-state index contributed by atoms with van der Waals surface area (Å²) in [6.07, 6.45) is 5.41. The molecule has 1 aliphatic carbocycles. The second kappa shape index (κ2) is 3.81. The summed E-state index contributed by atoms with van der Waals surface area (Å²) in [4.78, 5) is 0. The Morgan fingerprint density at radius 2 is 2.31 bits per heavy atom. The Kier molecular flexibility index (Phi) is 2.70. The van der Waals surface area contributed by atoms with E-state index in [1.807, 2.05) is 0 Å². The molecule has 2 heteroatoms. The second-order valence-corrected chi connectivity index (χ2v) is 4.89. The van der Waals surface area contributed by atoms with Gasteiger partial charge in [0.25, 0.3) is 0 Å². The van der Waals surface area contributed by atoms with E-state index in [1.165, 1.54) is 36.8 Å². The molecule has 0 aliphatic heterocycles. The van der Waals surface area contributed by atoms with Gasteiger partial charge in [-0.2, -0.15) is 11.3 Å². The number of hydrogen-bond acceptors (Lipinski definition) is 2. The van der Waals surface area contributed by atoms with Crippen LogP contribution in [0.5, 0.6) is 0 Å². The highest BCUT2D eigenvalue weighted by Gasteiger charge is 2.21. The molecule has 13 heavy (non-hydrogen) atoms. The molecule has 2 rings (SSSR count). The van der Waals surface area contributed by atoms with Gasteiger partial charge in [0.15, 0.2) is 0 Å². The molecule has 1 nitrogen and oxygen atoms in total. The van der Waals surface area contributed by atoms with Crippen LogP contribution < -0.4 is 5.73 Å². The molecule has 1 heterocycles. The van der Waals surface area contributed by atoms with E-state index in [9.17, 15) is 0 Å². The van der Waals surface area contributed by atoms with Crippen LogP contribution >= 0.6 is 11.3 Å². The normalized spacial score (nSPS) is 19.8. The lowest BCUT2D eigenvalue weighted by molar-refractivity contribution is 0.277. The first-order chi connectivity index (χ1) is 6.27. The molecular weight excluding hydrogens is 178 g/mol.